The number of carbonyl (C=O) groups is 10. The summed E-state index contributed by atoms with van der Waals surface area (Å²) in [4.78, 5) is 135. The lowest BCUT2D eigenvalue weighted by atomic mass is 10.0. The molecule has 27 nitrogen and oxygen atoms in total. The van der Waals surface area contributed by atoms with Crippen LogP contribution in [-0.4, -0.2) is 177 Å². The number of hydrogen-bond acceptors (Lipinski definition) is 15. The van der Waals surface area contributed by atoms with Gasteiger partial charge in [0.1, 0.15) is 48.0 Å². The van der Waals surface area contributed by atoms with Crippen molar-refractivity contribution in [2.75, 3.05) is 32.8 Å². The number of carbonyl (C=O) groups excluding carboxylic acids is 8. The number of nitrogens with two attached hydrogens (primary N) is 3. The van der Waals surface area contributed by atoms with Crippen LogP contribution in [0.4, 0.5) is 0 Å². The summed E-state index contributed by atoms with van der Waals surface area (Å²) in [7, 11) is 0. The van der Waals surface area contributed by atoms with E-state index in [0.29, 0.717) is 12.0 Å². The molecule has 27 heteroatoms. The summed E-state index contributed by atoms with van der Waals surface area (Å²) < 4.78 is 0. The van der Waals surface area contributed by atoms with Crippen molar-refractivity contribution in [1.29, 1.82) is 0 Å². The number of nitrogens with zero attached hydrogens (tertiary/aromatic N) is 2. The summed E-state index contributed by atoms with van der Waals surface area (Å²) in [6.07, 6.45) is -2.53. The van der Waals surface area contributed by atoms with E-state index < -0.39 is 134 Å². The zero-order valence-corrected chi connectivity index (χ0v) is 37.9. The van der Waals surface area contributed by atoms with Crippen LogP contribution in [0.5, 0.6) is 5.75 Å². The van der Waals surface area contributed by atoms with Gasteiger partial charge in [-0.05, 0) is 62.6 Å². The second kappa shape index (κ2) is 28.1. The quantitative estimate of drug-likeness (QED) is 0.0211. The van der Waals surface area contributed by atoms with Crippen LogP contribution in [0.2, 0.25) is 0 Å². The van der Waals surface area contributed by atoms with Gasteiger partial charge in [0.2, 0.25) is 47.3 Å². The van der Waals surface area contributed by atoms with Gasteiger partial charge in [0.15, 0.2) is 5.96 Å². The van der Waals surface area contributed by atoms with Crippen molar-refractivity contribution in [1.82, 2.24) is 42.1 Å². The minimum Gasteiger partial charge on any atom is -0.508 e. The molecule has 0 unspecified atom stereocenters. The van der Waals surface area contributed by atoms with E-state index in [1.807, 2.05) is 0 Å². The first-order valence-corrected chi connectivity index (χ1v) is 21.6. The van der Waals surface area contributed by atoms with Gasteiger partial charge in [-0.2, -0.15) is 0 Å². The third-order valence-electron chi connectivity index (χ3n) is 10.3. The zero-order chi connectivity index (χ0) is 51.2. The van der Waals surface area contributed by atoms with Crippen LogP contribution >= 0.6 is 0 Å². The van der Waals surface area contributed by atoms with Crippen molar-refractivity contribution in [2.24, 2.45) is 28.1 Å². The Bertz CT molecular complexity index is 1980. The largest absolute Gasteiger partial charge is 0.508 e. The lowest BCUT2D eigenvalue weighted by molar-refractivity contribution is -0.149. The number of hydrogen-bond donors (Lipinski definition) is 15. The fraction of sp³-hybridized carbons (Fsp3) is 0.585. The molecule has 68 heavy (non-hydrogen) atoms. The molecule has 0 bridgehead atoms. The fourth-order valence-corrected chi connectivity index (χ4v) is 6.86. The number of likely N-dealkylation sites (tertiary alicyclic amines) is 1. The molecular weight excluding hydrogens is 901 g/mol. The van der Waals surface area contributed by atoms with Crippen molar-refractivity contribution in [3.05, 3.63) is 29.8 Å². The van der Waals surface area contributed by atoms with Gasteiger partial charge < -0.3 is 84.9 Å². The number of aliphatic hydroxyl groups excluding tert-OH is 2. The molecule has 1 aliphatic heterocycles. The van der Waals surface area contributed by atoms with Crippen molar-refractivity contribution in [3.63, 3.8) is 0 Å². The predicted molar refractivity (Wildman–Crippen MR) is 238 cm³/mol. The molecule has 8 atom stereocenters. The van der Waals surface area contributed by atoms with E-state index in [2.05, 4.69) is 42.2 Å². The van der Waals surface area contributed by atoms with Crippen LogP contribution in [0.25, 0.3) is 0 Å². The van der Waals surface area contributed by atoms with Crippen molar-refractivity contribution in [3.8, 4) is 5.75 Å². The van der Waals surface area contributed by atoms with Crippen LogP contribution in [0.3, 0.4) is 0 Å². The predicted octanol–water partition coefficient (Wildman–Crippen LogP) is -6.06. The number of guanidine groups is 1. The molecule has 8 amide bonds. The Kier molecular flexibility index (Phi) is 23.6. The van der Waals surface area contributed by atoms with Crippen LogP contribution in [-0.2, 0) is 54.4 Å². The molecule has 0 spiro atoms. The van der Waals surface area contributed by atoms with Gasteiger partial charge in [-0.15, -0.1) is 0 Å². The van der Waals surface area contributed by atoms with Crippen molar-refractivity contribution < 1.29 is 73.5 Å². The number of aliphatic carboxylic acids is 2. The molecule has 18 N–H and O–H groups in total. The van der Waals surface area contributed by atoms with Gasteiger partial charge in [-0.3, -0.25) is 48.1 Å². The SMILES string of the molecule is CC(C)C[C@H](NC(=O)CN)C(=O)N[C@@H](CC(=O)O)C(=O)N[C@H](C(=O)N[C@@H](Cc1ccc(O)cc1)C(=O)N[C@@H](CCCN=C(N)N)C(=O)NCC(=O)N[C@@H](CO)C(=O)N1CCC[C@H]1C(=O)O)[C@@H](C)O. The first kappa shape index (κ1) is 57.0. The standard InChI is InChI=1S/C41H64N12O15/c1-20(2)14-25(47-30(57)17-42)35(62)50-27(16-32(59)60)37(64)52-33(21(3)55)38(65)51-26(15-22-8-10-23(56)11-9-22)36(63)49-24(6-4-12-45-41(43)44)34(61)46-18-31(58)48-28(19-54)39(66)53-13-5-7-29(53)40(67)68/h8-11,20-21,24-29,33,54-56H,4-7,12-19,42H2,1-3H3,(H,46,61)(H,47,57)(H,48,58)(H,49,63)(H,50,62)(H,51,65)(H,52,64)(H,59,60)(H,67,68)(H4,43,44,45)/t21-,24+,25+,26+,27+,28+,29+,33+/m1/s1. The molecule has 2 rings (SSSR count). The summed E-state index contributed by atoms with van der Waals surface area (Å²) in [6, 6.07) is -5.39. The Morgan fingerprint density at radius 1 is 0.765 bits per heavy atom. The highest BCUT2D eigenvalue weighted by atomic mass is 16.4. The molecule has 0 aromatic heterocycles. The Hall–Kier alpha value is -7.13. The molecule has 1 heterocycles. The number of aliphatic imine (C=N–C) groups is 1. The smallest absolute Gasteiger partial charge is 0.326 e. The maximum Gasteiger partial charge on any atom is 0.326 e. The summed E-state index contributed by atoms with van der Waals surface area (Å²) in [5, 5.41) is 65.8. The minimum atomic E-state index is -1.90. The van der Waals surface area contributed by atoms with E-state index in [1.54, 1.807) is 13.8 Å². The van der Waals surface area contributed by atoms with Crippen molar-refractivity contribution >= 4 is 65.2 Å². The minimum absolute atomic E-state index is 0.0237. The normalized spacial score (nSPS) is 16.3. The Morgan fingerprint density at radius 3 is 1.91 bits per heavy atom. The lowest BCUT2D eigenvalue weighted by Gasteiger charge is -2.28. The molecule has 1 aromatic rings. The number of nitrogens with one attached hydrogen (secondary N) is 7. The van der Waals surface area contributed by atoms with E-state index >= 15 is 0 Å². The highest BCUT2D eigenvalue weighted by Gasteiger charge is 2.38. The first-order chi connectivity index (χ1) is 32.0. The maximum absolute atomic E-state index is 14.1. The molecule has 0 radical (unpaired) electrons. The summed E-state index contributed by atoms with van der Waals surface area (Å²) in [6.45, 7) is 2.46. The van der Waals surface area contributed by atoms with Crippen molar-refractivity contribution in [2.45, 2.75) is 114 Å². The lowest BCUT2D eigenvalue weighted by Crippen LogP contribution is -2.62. The Labute approximate surface area is 390 Å². The number of phenolic OH excluding ortho intramolecular Hbond substituents is 1. The van der Waals surface area contributed by atoms with E-state index in [1.165, 1.54) is 24.3 Å². The molecule has 1 fully saturated rings. The van der Waals surface area contributed by atoms with Crippen LogP contribution < -0.4 is 54.4 Å². The van der Waals surface area contributed by atoms with E-state index in [4.69, 9.17) is 17.2 Å². The number of aromatic hydroxyl groups is 1. The van der Waals surface area contributed by atoms with Gasteiger partial charge in [0.05, 0.1) is 32.2 Å². The average molecular weight is 965 g/mol. The molecule has 0 saturated carbocycles. The van der Waals surface area contributed by atoms with Gasteiger partial charge in [0, 0.05) is 19.5 Å². The van der Waals surface area contributed by atoms with Gasteiger partial charge in [0.25, 0.3) is 0 Å². The summed E-state index contributed by atoms with van der Waals surface area (Å²) in [5.41, 5.74) is 16.6. The maximum atomic E-state index is 14.1. The Balaban J connectivity index is 2.37. The first-order valence-electron chi connectivity index (χ1n) is 21.6. The molecule has 1 saturated heterocycles. The summed E-state index contributed by atoms with van der Waals surface area (Å²) in [5.74, 6) is -11.3. The fourth-order valence-electron chi connectivity index (χ4n) is 6.86. The number of carboxylic acids is 2. The molecule has 1 aliphatic rings. The van der Waals surface area contributed by atoms with Gasteiger partial charge in [-0.25, -0.2) is 4.79 Å². The van der Waals surface area contributed by atoms with Crippen LogP contribution in [0.15, 0.2) is 29.3 Å². The summed E-state index contributed by atoms with van der Waals surface area (Å²) >= 11 is 0. The second-order valence-electron chi connectivity index (χ2n) is 16.3. The molecule has 378 valence electrons. The highest BCUT2D eigenvalue weighted by Crippen LogP contribution is 2.19. The number of amides is 8. The molecular formula is C41H64N12O15. The average Bonchev–Trinajstić information content (AvgIpc) is 3.77. The number of phenols is 1. The van der Waals surface area contributed by atoms with Crippen LogP contribution in [0.1, 0.15) is 64.9 Å². The second-order valence-corrected chi connectivity index (χ2v) is 16.3. The number of rotatable bonds is 28. The number of carboxylic acid groups (broad SMARTS) is 2. The highest BCUT2D eigenvalue weighted by molar-refractivity contribution is 5.98. The van der Waals surface area contributed by atoms with Gasteiger partial charge >= 0.3 is 11.9 Å². The van der Waals surface area contributed by atoms with E-state index in [0.717, 1.165) is 11.8 Å². The van der Waals surface area contributed by atoms with Crippen LogP contribution in [0, 0.1) is 5.92 Å². The topological polar surface area (TPSA) is 450 Å². The third kappa shape index (κ3) is 19.4. The molecule has 0 aliphatic carbocycles. The third-order valence-corrected chi connectivity index (χ3v) is 10.3. The monoisotopic (exact) mass is 964 g/mol. The zero-order valence-electron chi connectivity index (χ0n) is 37.9. The van der Waals surface area contributed by atoms with Gasteiger partial charge in [-0.1, -0.05) is 26.0 Å². The number of benzene rings is 1. The van der Waals surface area contributed by atoms with E-state index in [9.17, 15) is 73.5 Å². The molecule has 1 aromatic carbocycles. The number of aliphatic hydroxyl groups is 2. The Morgan fingerprint density at radius 2 is 1.35 bits per heavy atom. The van der Waals surface area contributed by atoms with E-state index in [-0.39, 0.29) is 62.8 Å².